The minimum atomic E-state index is -0.351. The van der Waals surface area contributed by atoms with Crippen LogP contribution in [0.1, 0.15) is 35.8 Å². The zero-order valence-electron chi connectivity index (χ0n) is 7.16. The molecule has 12 heavy (non-hydrogen) atoms. The van der Waals surface area contributed by atoms with Gasteiger partial charge in [-0.3, -0.25) is 0 Å². The summed E-state index contributed by atoms with van der Waals surface area (Å²) in [5, 5.41) is 10.4. The molecule has 2 rings (SSSR count). The van der Waals surface area contributed by atoms with Gasteiger partial charge in [0.25, 0.3) is 0 Å². The fourth-order valence-corrected chi connectivity index (χ4v) is 2.15. The van der Waals surface area contributed by atoms with Crippen LogP contribution in [0.15, 0.2) is 6.20 Å². The van der Waals surface area contributed by atoms with Gasteiger partial charge in [0.05, 0.1) is 16.0 Å². The van der Waals surface area contributed by atoms with Crippen molar-refractivity contribution in [2.75, 3.05) is 0 Å². The molecule has 0 aromatic carbocycles. The highest BCUT2D eigenvalue weighted by molar-refractivity contribution is 7.11. The van der Waals surface area contributed by atoms with Gasteiger partial charge in [0, 0.05) is 12.6 Å². The van der Waals surface area contributed by atoms with E-state index in [0.29, 0.717) is 0 Å². The Bertz CT molecular complexity index is 265. The van der Waals surface area contributed by atoms with Crippen LogP contribution in [0.25, 0.3) is 0 Å². The molecule has 1 aliphatic rings. The van der Waals surface area contributed by atoms with E-state index < -0.39 is 0 Å². The molecule has 0 spiro atoms. The topological polar surface area (TPSA) is 33.1 Å². The fourth-order valence-electron chi connectivity index (χ4n) is 1.18. The summed E-state index contributed by atoms with van der Waals surface area (Å²) in [5.74, 6) is 0.887. The standard InChI is InChI=1S/C9H13NOS/c1-6(11)8-5-10-9(12-8)4-7-2-3-7/h5-7,11H,2-4H2,1H3. The van der Waals surface area contributed by atoms with Crippen molar-refractivity contribution in [2.45, 2.75) is 32.3 Å². The number of aromatic nitrogens is 1. The first-order valence-electron chi connectivity index (χ1n) is 4.38. The van der Waals surface area contributed by atoms with E-state index in [1.165, 1.54) is 17.8 Å². The smallest absolute Gasteiger partial charge is 0.0931 e. The second-order valence-corrected chi connectivity index (χ2v) is 4.63. The van der Waals surface area contributed by atoms with E-state index in [-0.39, 0.29) is 6.10 Å². The lowest BCUT2D eigenvalue weighted by Gasteiger charge is -1.95. The molecule has 66 valence electrons. The van der Waals surface area contributed by atoms with Gasteiger partial charge in [-0.05, 0) is 25.7 Å². The van der Waals surface area contributed by atoms with Gasteiger partial charge in [-0.15, -0.1) is 11.3 Å². The fraction of sp³-hybridized carbons (Fsp3) is 0.667. The van der Waals surface area contributed by atoms with Gasteiger partial charge in [-0.1, -0.05) is 0 Å². The van der Waals surface area contributed by atoms with Crippen molar-refractivity contribution in [1.29, 1.82) is 0 Å². The number of aliphatic hydroxyl groups excluding tert-OH is 1. The van der Waals surface area contributed by atoms with Crippen LogP contribution in [0.4, 0.5) is 0 Å². The molecule has 0 bridgehead atoms. The van der Waals surface area contributed by atoms with Gasteiger partial charge in [0.2, 0.25) is 0 Å². The Kier molecular flexibility index (Phi) is 2.15. The van der Waals surface area contributed by atoms with Crippen molar-refractivity contribution >= 4 is 11.3 Å². The van der Waals surface area contributed by atoms with Gasteiger partial charge in [0.15, 0.2) is 0 Å². The first-order chi connectivity index (χ1) is 5.75. The van der Waals surface area contributed by atoms with Crippen LogP contribution in [0.5, 0.6) is 0 Å². The number of hydrogen-bond donors (Lipinski definition) is 1. The van der Waals surface area contributed by atoms with E-state index in [0.717, 1.165) is 17.2 Å². The zero-order chi connectivity index (χ0) is 8.55. The van der Waals surface area contributed by atoms with E-state index >= 15 is 0 Å². The molecule has 1 N–H and O–H groups in total. The summed E-state index contributed by atoms with van der Waals surface area (Å²) in [6.45, 7) is 1.79. The quantitative estimate of drug-likeness (QED) is 0.779. The van der Waals surface area contributed by atoms with Crippen molar-refractivity contribution in [2.24, 2.45) is 5.92 Å². The number of rotatable bonds is 3. The molecule has 1 saturated carbocycles. The maximum Gasteiger partial charge on any atom is 0.0931 e. The largest absolute Gasteiger partial charge is 0.388 e. The summed E-state index contributed by atoms with van der Waals surface area (Å²) >= 11 is 1.65. The summed E-state index contributed by atoms with van der Waals surface area (Å²) in [7, 11) is 0. The summed E-state index contributed by atoms with van der Waals surface area (Å²) in [6, 6.07) is 0. The lowest BCUT2D eigenvalue weighted by molar-refractivity contribution is 0.203. The van der Waals surface area contributed by atoms with Crippen molar-refractivity contribution < 1.29 is 5.11 Å². The Morgan fingerprint density at radius 1 is 1.75 bits per heavy atom. The minimum Gasteiger partial charge on any atom is -0.388 e. The molecule has 1 unspecified atom stereocenters. The summed E-state index contributed by atoms with van der Waals surface area (Å²) in [4.78, 5) is 5.27. The highest BCUT2D eigenvalue weighted by atomic mass is 32.1. The Hall–Kier alpha value is -0.410. The molecule has 0 saturated heterocycles. The normalized spacial score (nSPS) is 19.5. The molecule has 0 aliphatic heterocycles. The number of thiazole rings is 1. The maximum atomic E-state index is 9.26. The van der Waals surface area contributed by atoms with Crippen LogP contribution in [-0.4, -0.2) is 10.1 Å². The predicted octanol–water partition coefficient (Wildman–Crippen LogP) is 2.15. The van der Waals surface area contributed by atoms with Crippen LogP contribution in [0.2, 0.25) is 0 Å². The highest BCUT2D eigenvalue weighted by Gasteiger charge is 2.23. The Morgan fingerprint density at radius 2 is 2.50 bits per heavy atom. The van der Waals surface area contributed by atoms with E-state index in [4.69, 9.17) is 0 Å². The summed E-state index contributed by atoms with van der Waals surface area (Å²) in [5.41, 5.74) is 0. The molecule has 1 aromatic rings. The lowest BCUT2D eigenvalue weighted by atomic mass is 10.3. The minimum absolute atomic E-state index is 0.351. The predicted molar refractivity (Wildman–Crippen MR) is 49.2 cm³/mol. The van der Waals surface area contributed by atoms with Crippen LogP contribution in [0.3, 0.4) is 0 Å². The van der Waals surface area contributed by atoms with Gasteiger partial charge in [-0.25, -0.2) is 4.98 Å². The molecule has 1 aromatic heterocycles. The SMILES string of the molecule is CC(O)c1cnc(CC2CC2)s1. The molecule has 1 aliphatic carbocycles. The van der Waals surface area contributed by atoms with Gasteiger partial charge in [0.1, 0.15) is 0 Å². The van der Waals surface area contributed by atoms with Crippen LogP contribution in [-0.2, 0) is 6.42 Å². The highest BCUT2D eigenvalue weighted by Crippen LogP contribution is 2.34. The van der Waals surface area contributed by atoms with Crippen LogP contribution < -0.4 is 0 Å². The van der Waals surface area contributed by atoms with Gasteiger partial charge < -0.3 is 5.11 Å². The number of nitrogens with zero attached hydrogens (tertiary/aromatic N) is 1. The Labute approximate surface area is 76.3 Å². The van der Waals surface area contributed by atoms with Crippen LogP contribution >= 0.6 is 11.3 Å². The molecule has 3 heteroatoms. The molecular weight excluding hydrogens is 170 g/mol. The van der Waals surface area contributed by atoms with E-state index in [1.807, 2.05) is 0 Å². The third kappa shape index (κ3) is 1.84. The molecule has 2 nitrogen and oxygen atoms in total. The third-order valence-corrected chi connectivity index (χ3v) is 3.33. The van der Waals surface area contributed by atoms with Crippen LogP contribution in [0, 0.1) is 5.92 Å². The average Bonchev–Trinajstić information content (AvgIpc) is 2.66. The first kappa shape index (κ1) is 8.20. The van der Waals surface area contributed by atoms with E-state index in [1.54, 1.807) is 24.5 Å². The number of aliphatic hydroxyl groups is 1. The third-order valence-electron chi connectivity index (χ3n) is 2.14. The summed E-state index contributed by atoms with van der Waals surface area (Å²) in [6.07, 6.45) is 5.30. The monoisotopic (exact) mass is 183 g/mol. The van der Waals surface area contributed by atoms with E-state index in [2.05, 4.69) is 4.98 Å². The average molecular weight is 183 g/mol. The van der Waals surface area contributed by atoms with Crippen molar-refractivity contribution in [3.8, 4) is 0 Å². The molecular formula is C9H13NOS. The van der Waals surface area contributed by atoms with Gasteiger partial charge in [-0.2, -0.15) is 0 Å². The first-order valence-corrected chi connectivity index (χ1v) is 5.20. The molecule has 1 heterocycles. The second kappa shape index (κ2) is 3.15. The van der Waals surface area contributed by atoms with Crippen molar-refractivity contribution in [3.63, 3.8) is 0 Å². The molecule has 1 atom stereocenters. The summed E-state index contributed by atoms with van der Waals surface area (Å²) < 4.78 is 0. The lowest BCUT2D eigenvalue weighted by Crippen LogP contribution is -1.84. The second-order valence-electron chi connectivity index (χ2n) is 3.48. The molecule has 1 fully saturated rings. The molecule has 0 amide bonds. The number of hydrogen-bond acceptors (Lipinski definition) is 3. The maximum absolute atomic E-state index is 9.26. The zero-order valence-corrected chi connectivity index (χ0v) is 7.97. The molecule has 0 radical (unpaired) electrons. The van der Waals surface area contributed by atoms with E-state index in [9.17, 15) is 5.11 Å². The van der Waals surface area contributed by atoms with Crippen molar-refractivity contribution in [1.82, 2.24) is 4.98 Å². The van der Waals surface area contributed by atoms with Crippen molar-refractivity contribution in [3.05, 3.63) is 16.1 Å². The Morgan fingerprint density at radius 3 is 3.00 bits per heavy atom. The Balaban J connectivity index is 2.02. The van der Waals surface area contributed by atoms with Gasteiger partial charge >= 0.3 is 0 Å².